The molecule has 3 rings (SSSR count). The Morgan fingerprint density at radius 2 is 2.20 bits per heavy atom. The van der Waals surface area contributed by atoms with Gasteiger partial charge in [-0.1, -0.05) is 0 Å². The third-order valence-corrected chi connectivity index (χ3v) is 5.17. The lowest BCUT2D eigenvalue weighted by atomic mass is 9.79. The van der Waals surface area contributed by atoms with E-state index in [0.717, 1.165) is 6.54 Å². The van der Waals surface area contributed by atoms with Crippen molar-refractivity contribution in [3.05, 3.63) is 22.4 Å². The van der Waals surface area contributed by atoms with Gasteiger partial charge in [0.1, 0.15) is 0 Å². The predicted octanol–water partition coefficient (Wildman–Crippen LogP) is 2.59. The molecule has 2 aliphatic rings. The van der Waals surface area contributed by atoms with Gasteiger partial charge < -0.3 is 9.84 Å². The first kappa shape index (κ1) is 14.0. The number of rotatable bonds is 6. The molecular weight excluding hydrogens is 274 g/mol. The number of carboxylic acids is 1. The van der Waals surface area contributed by atoms with Crippen molar-refractivity contribution in [2.45, 2.75) is 38.3 Å². The maximum Gasteiger partial charge on any atom is 0.311 e. The van der Waals surface area contributed by atoms with Crippen molar-refractivity contribution < 1.29 is 14.6 Å². The van der Waals surface area contributed by atoms with E-state index in [1.807, 2.05) is 0 Å². The van der Waals surface area contributed by atoms with Crippen LogP contribution in [-0.2, 0) is 16.1 Å². The van der Waals surface area contributed by atoms with Gasteiger partial charge in [-0.2, -0.15) is 11.3 Å². The summed E-state index contributed by atoms with van der Waals surface area (Å²) in [5.41, 5.74) is 0.686. The zero-order valence-electron chi connectivity index (χ0n) is 11.6. The summed E-state index contributed by atoms with van der Waals surface area (Å²) < 4.78 is 5.36. The number of aliphatic carboxylic acids is 1. The summed E-state index contributed by atoms with van der Waals surface area (Å²) in [6.07, 6.45) is 3.68. The van der Waals surface area contributed by atoms with Crippen molar-refractivity contribution in [3.63, 3.8) is 0 Å². The fourth-order valence-electron chi connectivity index (χ4n) is 2.96. The summed E-state index contributed by atoms with van der Waals surface area (Å²) in [5, 5.41) is 13.9. The molecule has 0 unspecified atom stereocenters. The maximum absolute atomic E-state index is 11.8. The zero-order valence-corrected chi connectivity index (χ0v) is 12.4. The minimum Gasteiger partial charge on any atom is -0.481 e. The molecule has 0 aromatic carbocycles. The van der Waals surface area contributed by atoms with Gasteiger partial charge in [0.15, 0.2) is 0 Å². The van der Waals surface area contributed by atoms with Crippen LogP contribution in [0.5, 0.6) is 0 Å². The molecule has 1 aromatic heterocycles. The number of thiophene rings is 1. The van der Waals surface area contributed by atoms with Crippen LogP contribution >= 0.6 is 11.3 Å². The molecule has 0 bridgehead atoms. The number of carboxylic acid groups (broad SMARTS) is 1. The highest BCUT2D eigenvalue weighted by atomic mass is 32.1. The number of nitrogens with zero attached hydrogens (tertiary/aromatic N) is 1. The lowest BCUT2D eigenvalue weighted by molar-refractivity contribution is -0.157. The van der Waals surface area contributed by atoms with Crippen LogP contribution in [0.1, 0.15) is 31.2 Å². The Balaban J connectivity index is 1.72. The van der Waals surface area contributed by atoms with E-state index < -0.39 is 11.4 Å². The van der Waals surface area contributed by atoms with E-state index in [-0.39, 0.29) is 0 Å². The quantitative estimate of drug-likeness (QED) is 0.876. The molecule has 1 N–H and O–H groups in total. The van der Waals surface area contributed by atoms with Crippen molar-refractivity contribution in [1.29, 1.82) is 0 Å². The Bertz CT molecular complexity index is 450. The second kappa shape index (κ2) is 5.84. The van der Waals surface area contributed by atoms with Crippen molar-refractivity contribution in [1.82, 2.24) is 4.90 Å². The van der Waals surface area contributed by atoms with Gasteiger partial charge in [-0.25, -0.2) is 0 Å². The first-order chi connectivity index (χ1) is 9.70. The van der Waals surface area contributed by atoms with Gasteiger partial charge in [0, 0.05) is 32.3 Å². The Kier molecular flexibility index (Phi) is 4.10. The van der Waals surface area contributed by atoms with Crippen molar-refractivity contribution in [2.24, 2.45) is 5.41 Å². The number of carbonyl (C=O) groups is 1. The van der Waals surface area contributed by atoms with Crippen LogP contribution in [0.4, 0.5) is 0 Å². The summed E-state index contributed by atoms with van der Waals surface area (Å²) in [6.45, 7) is 2.68. The van der Waals surface area contributed by atoms with Crippen LogP contribution in [-0.4, -0.2) is 41.8 Å². The van der Waals surface area contributed by atoms with Gasteiger partial charge >= 0.3 is 5.97 Å². The van der Waals surface area contributed by atoms with E-state index >= 15 is 0 Å². The molecule has 1 aromatic rings. The van der Waals surface area contributed by atoms with Crippen LogP contribution in [0.15, 0.2) is 16.8 Å². The van der Waals surface area contributed by atoms with Crippen molar-refractivity contribution in [3.8, 4) is 0 Å². The molecule has 0 spiro atoms. The fraction of sp³-hybridized carbons (Fsp3) is 0.667. The first-order valence-electron chi connectivity index (χ1n) is 7.26. The minimum atomic E-state index is -0.656. The summed E-state index contributed by atoms with van der Waals surface area (Å²) >= 11 is 1.70. The van der Waals surface area contributed by atoms with Gasteiger partial charge in [0.05, 0.1) is 5.41 Å². The molecular formula is C15H21NO3S. The molecule has 1 aliphatic heterocycles. The third-order valence-electron chi connectivity index (χ3n) is 4.44. The topological polar surface area (TPSA) is 49.8 Å². The predicted molar refractivity (Wildman–Crippen MR) is 77.9 cm³/mol. The molecule has 5 heteroatoms. The van der Waals surface area contributed by atoms with Crippen LogP contribution in [0.2, 0.25) is 0 Å². The standard InChI is InChI=1S/C15H21NO3S/c17-14(18)15(4-6-19-7-5-15)11-16(13-1-2-13)9-12-3-8-20-10-12/h3,8,10,13H,1-2,4-7,9,11H2,(H,17,18). The molecule has 1 saturated carbocycles. The molecule has 0 radical (unpaired) electrons. The smallest absolute Gasteiger partial charge is 0.311 e. The molecule has 20 heavy (non-hydrogen) atoms. The fourth-order valence-corrected chi connectivity index (χ4v) is 3.62. The third kappa shape index (κ3) is 3.05. The Morgan fingerprint density at radius 1 is 1.45 bits per heavy atom. The highest BCUT2D eigenvalue weighted by Gasteiger charge is 2.44. The van der Waals surface area contributed by atoms with Crippen LogP contribution in [0.3, 0.4) is 0 Å². The normalized spacial score (nSPS) is 22.1. The van der Waals surface area contributed by atoms with Crippen LogP contribution in [0.25, 0.3) is 0 Å². The molecule has 0 atom stereocenters. The Morgan fingerprint density at radius 3 is 2.75 bits per heavy atom. The number of hydrogen-bond donors (Lipinski definition) is 1. The zero-order chi connectivity index (χ0) is 14.0. The van der Waals surface area contributed by atoms with Gasteiger partial charge in [0.2, 0.25) is 0 Å². The van der Waals surface area contributed by atoms with Gasteiger partial charge in [-0.3, -0.25) is 9.69 Å². The van der Waals surface area contributed by atoms with Crippen LogP contribution in [0, 0.1) is 5.41 Å². The van der Waals surface area contributed by atoms with Gasteiger partial charge in [-0.15, -0.1) is 0 Å². The van der Waals surface area contributed by atoms with Crippen LogP contribution < -0.4 is 0 Å². The lowest BCUT2D eigenvalue weighted by Gasteiger charge is -2.37. The first-order valence-corrected chi connectivity index (χ1v) is 8.20. The summed E-state index contributed by atoms with van der Waals surface area (Å²) in [5.74, 6) is -0.656. The lowest BCUT2D eigenvalue weighted by Crippen LogP contribution is -2.47. The minimum absolute atomic E-state index is 0.573. The highest BCUT2D eigenvalue weighted by Crippen LogP contribution is 2.37. The molecule has 1 aliphatic carbocycles. The number of ether oxygens (including phenoxy) is 1. The maximum atomic E-state index is 11.8. The Hall–Kier alpha value is -0.910. The van der Waals surface area contributed by atoms with E-state index in [1.165, 1.54) is 18.4 Å². The summed E-state index contributed by atoms with van der Waals surface area (Å²) in [6, 6.07) is 2.71. The van der Waals surface area contributed by atoms with Gasteiger partial charge in [-0.05, 0) is 48.1 Å². The van der Waals surface area contributed by atoms with E-state index in [2.05, 4.69) is 21.7 Å². The largest absolute Gasteiger partial charge is 0.481 e. The number of hydrogen-bond acceptors (Lipinski definition) is 4. The van der Waals surface area contributed by atoms with E-state index in [4.69, 9.17) is 4.74 Å². The summed E-state index contributed by atoms with van der Waals surface area (Å²) in [4.78, 5) is 14.2. The molecule has 0 amide bonds. The average molecular weight is 295 g/mol. The second-order valence-electron chi connectivity index (χ2n) is 5.97. The van der Waals surface area contributed by atoms with Gasteiger partial charge in [0.25, 0.3) is 0 Å². The molecule has 110 valence electrons. The molecule has 2 fully saturated rings. The summed E-state index contributed by atoms with van der Waals surface area (Å²) in [7, 11) is 0. The van der Waals surface area contributed by atoms with Crippen molar-refractivity contribution >= 4 is 17.3 Å². The molecule has 2 heterocycles. The monoisotopic (exact) mass is 295 g/mol. The van der Waals surface area contributed by atoms with Crippen molar-refractivity contribution in [2.75, 3.05) is 19.8 Å². The van der Waals surface area contributed by atoms with E-state index in [0.29, 0.717) is 38.6 Å². The molecule has 4 nitrogen and oxygen atoms in total. The van der Waals surface area contributed by atoms with E-state index in [1.54, 1.807) is 11.3 Å². The highest BCUT2D eigenvalue weighted by molar-refractivity contribution is 7.07. The SMILES string of the molecule is O=C(O)C1(CN(Cc2ccsc2)C2CC2)CCOCC1. The van der Waals surface area contributed by atoms with E-state index in [9.17, 15) is 9.90 Å². The molecule has 1 saturated heterocycles. The Labute approximate surface area is 123 Å². The average Bonchev–Trinajstić information content (AvgIpc) is 3.18. The second-order valence-corrected chi connectivity index (χ2v) is 6.75.